The molecule has 0 saturated heterocycles. The third-order valence-corrected chi connectivity index (χ3v) is 5.55. The van der Waals surface area contributed by atoms with Crippen molar-refractivity contribution in [2.24, 2.45) is 5.92 Å². The highest BCUT2D eigenvalue weighted by Gasteiger charge is 2.31. The van der Waals surface area contributed by atoms with E-state index in [1.165, 1.54) is 0 Å². The van der Waals surface area contributed by atoms with Crippen LogP contribution in [-0.2, 0) is 29.1 Å². The molecule has 0 bridgehead atoms. The molecule has 0 saturated carbocycles. The lowest BCUT2D eigenvalue weighted by molar-refractivity contribution is -0.143. The molecule has 0 aliphatic heterocycles. The second-order valence-electron chi connectivity index (χ2n) is 8.38. The molecule has 0 radical (unpaired) electrons. The summed E-state index contributed by atoms with van der Waals surface area (Å²) in [5.41, 5.74) is 2.97. The van der Waals surface area contributed by atoms with Crippen LogP contribution in [0, 0.1) is 5.92 Å². The summed E-state index contributed by atoms with van der Waals surface area (Å²) >= 11 is 0. The van der Waals surface area contributed by atoms with E-state index in [2.05, 4.69) is 5.32 Å². The van der Waals surface area contributed by atoms with Crippen LogP contribution in [0.5, 0.6) is 5.75 Å². The molecule has 0 aliphatic rings. The van der Waals surface area contributed by atoms with Gasteiger partial charge >= 0.3 is 0 Å². The summed E-state index contributed by atoms with van der Waals surface area (Å²) in [5, 5.41) is 3.04. The van der Waals surface area contributed by atoms with Gasteiger partial charge in [-0.05, 0) is 28.8 Å². The van der Waals surface area contributed by atoms with E-state index in [1.807, 2.05) is 98.8 Å². The Morgan fingerprint density at radius 2 is 1.39 bits per heavy atom. The summed E-state index contributed by atoms with van der Waals surface area (Å²) in [6.45, 7) is 4.49. The van der Waals surface area contributed by atoms with Crippen molar-refractivity contribution in [3.63, 3.8) is 0 Å². The first-order valence-corrected chi connectivity index (χ1v) is 11.3. The van der Waals surface area contributed by atoms with Crippen molar-refractivity contribution in [3.8, 4) is 5.75 Å². The molecule has 3 aromatic rings. The maximum Gasteiger partial charge on any atom is 0.243 e. The van der Waals surface area contributed by atoms with Gasteiger partial charge in [0.1, 0.15) is 11.8 Å². The molecule has 33 heavy (non-hydrogen) atoms. The number of hydrogen-bond acceptors (Lipinski definition) is 3. The highest BCUT2D eigenvalue weighted by molar-refractivity contribution is 5.88. The smallest absolute Gasteiger partial charge is 0.243 e. The molecule has 172 valence electrons. The van der Waals surface area contributed by atoms with Gasteiger partial charge in [0.15, 0.2) is 0 Å². The van der Waals surface area contributed by atoms with Crippen molar-refractivity contribution >= 4 is 11.8 Å². The third kappa shape index (κ3) is 6.94. The Balaban J connectivity index is 1.88. The van der Waals surface area contributed by atoms with Gasteiger partial charge in [0.05, 0.1) is 7.11 Å². The number of carbonyl (C=O) groups is 2. The van der Waals surface area contributed by atoms with Crippen LogP contribution >= 0.6 is 0 Å². The standard InChI is InChI=1S/C28H32N2O3/c1-21(2)28(32)30(20-24-14-16-25(33-3)17-15-24)26(18-22-10-6-4-7-11-22)27(31)29-19-23-12-8-5-9-13-23/h4-17,21,26H,18-20H2,1-3H3,(H,29,31)/t26-/m0/s1. The van der Waals surface area contributed by atoms with Crippen LogP contribution in [0.3, 0.4) is 0 Å². The fourth-order valence-electron chi connectivity index (χ4n) is 3.69. The van der Waals surface area contributed by atoms with E-state index in [0.29, 0.717) is 19.5 Å². The highest BCUT2D eigenvalue weighted by atomic mass is 16.5. The summed E-state index contributed by atoms with van der Waals surface area (Å²) < 4.78 is 5.25. The fraction of sp³-hybridized carbons (Fsp3) is 0.286. The van der Waals surface area contributed by atoms with Gasteiger partial charge in [-0.25, -0.2) is 0 Å². The zero-order valence-corrected chi connectivity index (χ0v) is 19.5. The highest BCUT2D eigenvalue weighted by Crippen LogP contribution is 2.19. The first-order valence-electron chi connectivity index (χ1n) is 11.3. The fourth-order valence-corrected chi connectivity index (χ4v) is 3.69. The van der Waals surface area contributed by atoms with Crippen LogP contribution in [0.4, 0.5) is 0 Å². The molecule has 3 aromatic carbocycles. The Morgan fingerprint density at radius 1 is 0.818 bits per heavy atom. The largest absolute Gasteiger partial charge is 0.497 e. The normalized spacial score (nSPS) is 11.6. The summed E-state index contributed by atoms with van der Waals surface area (Å²) in [5.74, 6) is 0.303. The van der Waals surface area contributed by atoms with Crippen molar-refractivity contribution < 1.29 is 14.3 Å². The van der Waals surface area contributed by atoms with Crippen molar-refractivity contribution in [2.45, 2.75) is 39.4 Å². The first-order chi connectivity index (χ1) is 16.0. The lowest BCUT2D eigenvalue weighted by Gasteiger charge is -2.33. The molecule has 0 fully saturated rings. The molecule has 1 N–H and O–H groups in total. The van der Waals surface area contributed by atoms with Gasteiger partial charge in [0, 0.05) is 25.4 Å². The number of methoxy groups -OCH3 is 1. The van der Waals surface area contributed by atoms with Gasteiger partial charge < -0.3 is 15.0 Å². The van der Waals surface area contributed by atoms with Gasteiger partial charge in [-0.1, -0.05) is 86.6 Å². The molecular weight excluding hydrogens is 412 g/mol. The summed E-state index contributed by atoms with van der Waals surface area (Å²) in [6.07, 6.45) is 0.441. The average Bonchev–Trinajstić information content (AvgIpc) is 2.85. The van der Waals surface area contributed by atoms with E-state index in [9.17, 15) is 9.59 Å². The Labute approximate surface area is 196 Å². The molecule has 5 heteroatoms. The summed E-state index contributed by atoms with van der Waals surface area (Å²) in [6, 6.07) is 26.6. The van der Waals surface area contributed by atoms with E-state index >= 15 is 0 Å². The number of benzene rings is 3. The number of carbonyl (C=O) groups excluding carboxylic acids is 2. The second-order valence-corrected chi connectivity index (χ2v) is 8.38. The van der Waals surface area contributed by atoms with Crippen LogP contribution in [0.25, 0.3) is 0 Å². The maximum atomic E-state index is 13.5. The summed E-state index contributed by atoms with van der Waals surface area (Å²) in [7, 11) is 1.62. The minimum absolute atomic E-state index is 0.0541. The van der Waals surface area contributed by atoms with Gasteiger partial charge in [-0.15, -0.1) is 0 Å². The Morgan fingerprint density at radius 3 is 1.94 bits per heavy atom. The van der Waals surface area contributed by atoms with Gasteiger partial charge in [0.2, 0.25) is 11.8 Å². The maximum absolute atomic E-state index is 13.5. The van der Waals surface area contributed by atoms with E-state index in [4.69, 9.17) is 4.74 Å². The minimum atomic E-state index is -0.631. The average molecular weight is 445 g/mol. The zero-order chi connectivity index (χ0) is 23.6. The molecule has 0 unspecified atom stereocenters. The Kier molecular flexibility index (Phi) is 8.64. The van der Waals surface area contributed by atoms with Crippen molar-refractivity contribution in [1.29, 1.82) is 0 Å². The lowest BCUT2D eigenvalue weighted by Crippen LogP contribution is -2.51. The molecule has 0 heterocycles. The number of hydrogen-bond donors (Lipinski definition) is 1. The second kappa shape index (κ2) is 11.9. The van der Waals surface area contributed by atoms with E-state index < -0.39 is 6.04 Å². The topological polar surface area (TPSA) is 58.6 Å². The number of ether oxygens (including phenoxy) is 1. The van der Waals surface area contributed by atoms with Crippen LogP contribution < -0.4 is 10.1 Å². The van der Waals surface area contributed by atoms with E-state index in [0.717, 1.165) is 22.4 Å². The van der Waals surface area contributed by atoms with E-state index in [-0.39, 0.29) is 17.7 Å². The Bertz CT molecular complexity index is 1020. The predicted octanol–water partition coefficient (Wildman–Crippen LogP) is 4.61. The molecule has 3 rings (SSSR count). The quantitative estimate of drug-likeness (QED) is 0.497. The van der Waals surface area contributed by atoms with Crippen LogP contribution in [0.1, 0.15) is 30.5 Å². The lowest BCUT2D eigenvalue weighted by atomic mass is 10.0. The predicted molar refractivity (Wildman–Crippen MR) is 131 cm³/mol. The molecule has 0 aromatic heterocycles. The molecular formula is C28H32N2O3. The third-order valence-electron chi connectivity index (χ3n) is 5.55. The van der Waals surface area contributed by atoms with Crippen molar-refractivity contribution in [3.05, 3.63) is 102 Å². The van der Waals surface area contributed by atoms with Crippen LogP contribution in [0.2, 0.25) is 0 Å². The number of amides is 2. The number of rotatable bonds is 10. The Hall–Kier alpha value is -3.60. The SMILES string of the molecule is COc1ccc(CN(C(=O)C(C)C)[C@@H](Cc2ccccc2)C(=O)NCc2ccccc2)cc1. The van der Waals surface area contributed by atoms with E-state index in [1.54, 1.807) is 12.0 Å². The number of nitrogens with one attached hydrogen (secondary N) is 1. The van der Waals surface area contributed by atoms with Crippen molar-refractivity contribution in [2.75, 3.05) is 7.11 Å². The van der Waals surface area contributed by atoms with Crippen LogP contribution in [-0.4, -0.2) is 29.9 Å². The zero-order valence-electron chi connectivity index (χ0n) is 19.5. The minimum Gasteiger partial charge on any atom is -0.497 e. The molecule has 1 atom stereocenters. The summed E-state index contributed by atoms with van der Waals surface area (Å²) in [4.78, 5) is 28.5. The monoisotopic (exact) mass is 444 g/mol. The van der Waals surface area contributed by atoms with Crippen molar-refractivity contribution in [1.82, 2.24) is 10.2 Å². The molecule has 2 amide bonds. The van der Waals surface area contributed by atoms with Gasteiger partial charge in [-0.2, -0.15) is 0 Å². The molecule has 0 spiro atoms. The molecule has 5 nitrogen and oxygen atoms in total. The van der Waals surface area contributed by atoms with Gasteiger partial charge in [0.25, 0.3) is 0 Å². The van der Waals surface area contributed by atoms with Crippen LogP contribution in [0.15, 0.2) is 84.9 Å². The molecule has 0 aliphatic carbocycles. The first kappa shape index (κ1) is 24.1. The number of nitrogens with zero attached hydrogens (tertiary/aromatic N) is 1. The van der Waals surface area contributed by atoms with Gasteiger partial charge in [-0.3, -0.25) is 9.59 Å².